The zero-order chi connectivity index (χ0) is 56.4. The van der Waals surface area contributed by atoms with E-state index in [1.807, 2.05) is 65.4 Å². The van der Waals surface area contributed by atoms with Crippen LogP contribution in [-0.4, -0.2) is 37.5 Å². The van der Waals surface area contributed by atoms with Crippen molar-refractivity contribution in [2.45, 2.75) is 40.0 Å². The van der Waals surface area contributed by atoms with Gasteiger partial charge in [-0.1, -0.05) is 154 Å². The molecule has 0 fully saturated rings. The number of aryl methyl sites for hydroxylation is 2. The summed E-state index contributed by atoms with van der Waals surface area (Å²) in [6.45, 7) is 10.7. The first kappa shape index (κ1) is 31.9. The highest BCUT2D eigenvalue weighted by molar-refractivity contribution is 6.03. The number of hydrogen-bond acceptors (Lipinski definition) is 3. The molecule has 14 rings (SSSR count). The van der Waals surface area contributed by atoms with Gasteiger partial charge in [-0.05, 0) is 113 Å². The monoisotopic (exact) mass is 927 g/mol. The lowest BCUT2D eigenvalue weighted by molar-refractivity contribution is -0.571. The fourth-order valence-electron chi connectivity index (χ4n) is 10.3. The van der Waals surface area contributed by atoms with Crippen LogP contribution in [0.1, 0.15) is 51.2 Å². The second-order valence-electron chi connectivity index (χ2n) is 19.0. The minimum Gasteiger partial charge on any atom is -0.292 e. The van der Waals surface area contributed by atoms with Crippen LogP contribution in [-0.2, 0) is 5.41 Å². The summed E-state index contributed by atoms with van der Waals surface area (Å²) in [5.74, 6) is 2.13. The minimum absolute atomic E-state index is 0.134. The van der Waals surface area contributed by atoms with Crippen molar-refractivity contribution >= 4 is 66.7 Å². The number of rotatable bonds is 6. The van der Waals surface area contributed by atoms with Crippen molar-refractivity contribution < 1.29 is 18.3 Å². The molecule has 0 aliphatic heterocycles. The Kier molecular flexibility index (Phi) is 6.83. The zero-order valence-electron chi connectivity index (χ0n) is 49.2. The van der Waals surface area contributed by atoms with E-state index in [-0.39, 0.29) is 33.4 Å². The molecule has 0 bridgehead atoms. The van der Waals surface area contributed by atoms with Gasteiger partial charge in [0.1, 0.15) is 5.82 Å². The van der Waals surface area contributed by atoms with Gasteiger partial charge in [-0.25, -0.2) is 15.0 Å². The zero-order valence-corrected chi connectivity index (χ0v) is 39.2. The molecule has 14 aromatic rings. The summed E-state index contributed by atoms with van der Waals surface area (Å²) in [4.78, 5) is 15.7. The lowest BCUT2D eigenvalue weighted by Crippen LogP contribution is -2.31. The Morgan fingerprint density at radius 3 is 1.72 bits per heavy atom. The van der Waals surface area contributed by atoms with Gasteiger partial charge in [0.15, 0.2) is 0 Å². The molecule has 0 unspecified atom stereocenters. The quantitative estimate of drug-likeness (QED) is 0.123. The van der Waals surface area contributed by atoms with Crippen molar-refractivity contribution in [1.82, 2.24) is 37.5 Å². The molecular weight excluding hydrogens is 871 g/mol. The Morgan fingerprint density at radius 2 is 1.07 bits per heavy atom. The fourth-order valence-corrected chi connectivity index (χ4v) is 10.3. The second-order valence-corrected chi connectivity index (χ2v) is 19.0. The van der Waals surface area contributed by atoms with E-state index in [4.69, 9.17) is 28.7 Å². The van der Waals surface area contributed by atoms with Gasteiger partial charge >= 0.3 is 0 Å². The molecule has 9 heteroatoms. The van der Waals surface area contributed by atoms with Crippen molar-refractivity contribution in [3.05, 3.63) is 217 Å². The summed E-state index contributed by atoms with van der Waals surface area (Å²) < 4.78 is 101. The van der Waals surface area contributed by atoms with Crippen molar-refractivity contribution in [2.75, 3.05) is 0 Å². The van der Waals surface area contributed by atoms with E-state index in [0.717, 1.165) is 78.1 Å². The number of hydrogen-bond donors (Lipinski definition) is 0. The van der Waals surface area contributed by atoms with Crippen LogP contribution in [0.3, 0.4) is 0 Å². The number of para-hydroxylation sites is 5. The molecule has 340 valence electrons. The second kappa shape index (κ2) is 15.2. The fraction of sp³-hybridized carbons (Fsp3) is 0.0968. The molecule has 0 spiro atoms. The summed E-state index contributed by atoms with van der Waals surface area (Å²) in [6, 6.07) is 36.1. The first-order chi connectivity index (χ1) is 38.8. The third-order valence-electron chi connectivity index (χ3n) is 13.7. The largest absolute Gasteiger partial charge is 0.292 e. The first-order valence-corrected chi connectivity index (χ1v) is 23.4. The number of benzene rings is 8. The summed E-state index contributed by atoms with van der Waals surface area (Å²) in [6.07, 6.45) is 5.41. The van der Waals surface area contributed by atoms with Gasteiger partial charge in [0.25, 0.3) is 6.33 Å². The maximum absolute atomic E-state index is 9.16. The van der Waals surface area contributed by atoms with Gasteiger partial charge in [0.05, 0.1) is 80.2 Å². The minimum atomic E-state index is -0.570. The van der Waals surface area contributed by atoms with Gasteiger partial charge in [-0.3, -0.25) is 27.1 Å². The molecule has 0 atom stereocenters. The normalized spacial score (nSPS) is 14.3. The van der Waals surface area contributed by atoms with E-state index in [0.29, 0.717) is 22.5 Å². The average Bonchev–Trinajstić information content (AvgIpc) is 2.68. The molecule has 6 aromatic heterocycles. The third kappa shape index (κ3) is 6.12. The molecule has 0 aliphatic carbocycles. The van der Waals surface area contributed by atoms with Crippen LogP contribution in [0.5, 0.6) is 0 Å². The highest BCUT2D eigenvalue weighted by atomic mass is 15.3. The number of pyridine rings is 1. The summed E-state index contributed by atoms with van der Waals surface area (Å²) in [5.41, 5.74) is 13.1. The van der Waals surface area contributed by atoms with Crippen LogP contribution in [0.15, 0.2) is 194 Å². The molecule has 0 aliphatic rings. The summed E-state index contributed by atoms with van der Waals surface area (Å²) in [7, 11) is 0. The molecule has 0 radical (unpaired) electrons. The number of nitrogens with zero attached hydrogens (tertiary/aromatic N) is 9. The molecular formula is C62H47N9. The molecule has 8 aromatic carbocycles. The van der Waals surface area contributed by atoms with Crippen molar-refractivity contribution in [1.29, 1.82) is 0 Å². The van der Waals surface area contributed by atoms with Crippen LogP contribution in [0, 0.1) is 20.2 Å². The van der Waals surface area contributed by atoms with E-state index in [1.54, 1.807) is 22.8 Å². The van der Waals surface area contributed by atoms with Gasteiger partial charge in [0, 0.05) is 11.9 Å². The van der Waals surface area contributed by atoms with Crippen molar-refractivity contribution in [3.63, 3.8) is 0 Å². The third-order valence-corrected chi connectivity index (χ3v) is 13.7. The molecule has 0 N–H and O–H groups in total. The number of fused-ring (bicyclic) bond motifs is 11. The Labute approximate surface area is 423 Å². The molecule has 71 heavy (non-hydrogen) atoms. The topological polar surface area (TPSA) is 66.2 Å². The van der Waals surface area contributed by atoms with Gasteiger partial charge in [-0.2, -0.15) is 0 Å². The van der Waals surface area contributed by atoms with E-state index in [9.17, 15) is 0 Å². The van der Waals surface area contributed by atoms with Crippen molar-refractivity contribution in [3.8, 4) is 45.1 Å². The highest BCUT2D eigenvalue weighted by Gasteiger charge is 2.26. The van der Waals surface area contributed by atoms with Gasteiger partial charge in [0.2, 0.25) is 11.6 Å². The van der Waals surface area contributed by atoms with Gasteiger partial charge in [-0.15, -0.1) is 0 Å². The van der Waals surface area contributed by atoms with E-state index in [1.165, 1.54) is 0 Å². The van der Waals surface area contributed by atoms with Crippen LogP contribution < -0.4 is 4.57 Å². The van der Waals surface area contributed by atoms with E-state index >= 15 is 0 Å². The van der Waals surface area contributed by atoms with Crippen LogP contribution in [0.2, 0.25) is 0 Å². The lowest BCUT2D eigenvalue weighted by Gasteiger charge is -2.19. The van der Waals surface area contributed by atoms with E-state index < -0.39 is 60.4 Å². The Bertz CT molecular complexity index is 4950. The predicted molar refractivity (Wildman–Crippen MR) is 287 cm³/mol. The molecule has 0 amide bonds. The number of imidazole rings is 5. The Hall–Kier alpha value is -9.08. The van der Waals surface area contributed by atoms with Crippen molar-refractivity contribution in [2.24, 2.45) is 0 Å². The first-order valence-electron chi connectivity index (χ1n) is 28.4. The van der Waals surface area contributed by atoms with Crippen LogP contribution >= 0.6 is 0 Å². The lowest BCUT2D eigenvalue weighted by atomic mass is 9.88. The predicted octanol–water partition coefficient (Wildman–Crippen LogP) is 13.8. The van der Waals surface area contributed by atoms with Crippen LogP contribution in [0.25, 0.3) is 112 Å². The maximum Gasteiger partial charge on any atom is 0.269 e. The van der Waals surface area contributed by atoms with Crippen LogP contribution in [0.4, 0.5) is 0 Å². The smallest absolute Gasteiger partial charge is 0.269 e. The SMILES string of the molecule is [2H]c1c([2H])c([2H])c(-c2cccc(-c3c([2H])c([2H])c([2H])c([2H])c3[2H])c2-[n+]2[c-]n(-c3cccc(-n4c5cc6c(cc5n5c7cccc(C)c7nc45)n4c5cccc(C)c5nc4n6-c4cc(C(C)(C)C)ccn4)c3)c3ccccc32)c([2H])c1[2H]. The highest BCUT2D eigenvalue weighted by Crippen LogP contribution is 2.39. The summed E-state index contributed by atoms with van der Waals surface area (Å²) in [5, 5.41) is 0. The molecule has 6 heterocycles. The molecule has 9 nitrogen and oxygen atoms in total. The van der Waals surface area contributed by atoms with E-state index in [2.05, 4.69) is 113 Å². The Morgan fingerprint density at radius 1 is 0.521 bits per heavy atom. The Balaban J connectivity index is 1.05. The number of aromatic nitrogens is 9. The maximum atomic E-state index is 9.16. The molecule has 0 saturated heterocycles. The standard InChI is InChI=1S/C62H47N9/c1-39-18-14-30-50-57(39)64-60-68(52-36-55-54(37-53(52)69(50)60)70-51-31-15-19-40(2)58(51)65-61(70)71(55)56-34-43(32-33-63-56)62(3,4)5)45-25-16-24-44(35-45)66-38-67(49-29-13-12-28-48(49)66)59-46(41-20-8-6-9-21-41)26-17-27-47(59)42-22-10-7-11-23-42/h6-37H,1-5H3/i6D,7D,8D,9D,10D,11D,20D,21D,22D,23D. The average molecular weight is 928 g/mol. The van der Waals surface area contributed by atoms with Gasteiger partial charge < -0.3 is 0 Å². The molecule has 0 saturated carbocycles. The summed E-state index contributed by atoms with van der Waals surface area (Å²) >= 11 is 0.